The summed E-state index contributed by atoms with van der Waals surface area (Å²) in [7, 11) is 0. The Bertz CT molecular complexity index is 619. The van der Waals surface area contributed by atoms with Crippen molar-refractivity contribution in [2.24, 2.45) is 0 Å². The van der Waals surface area contributed by atoms with Gasteiger partial charge in [0.1, 0.15) is 24.2 Å². The lowest BCUT2D eigenvalue weighted by molar-refractivity contribution is 0.0536. The molecule has 0 amide bonds. The van der Waals surface area contributed by atoms with E-state index in [0.717, 1.165) is 23.3 Å². The third-order valence-electron chi connectivity index (χ3n) is 4.75. The van der Waals surface area contributed by atoms with Crippen LogP contribution in [0.5, 0.6) is 11.5 Å². The molecule has 0 aromatic heterocycles. The van der Waals surface area contributed by atoms with Crippen LogP contribution in [0, 0.1) is 0 Å². The SMILES string of the molecule is CCC([OH2+])COc1ccc(C(C)(C)c2ccc(OCC(O)CO)cc2)cc1. The van der Waals surface area contributed by atoms with E-state index in [1.807, 2.05) is 43.3 Å². The normalized spacial score (nSPS) is 13.9. The molecular weight excluding hydrogens is 344 g/mol. The molecule has 0 saturated heterocycles. The van der Waals surface area contributed by atoms with Gasteiger partial charge in [0.15, 0.2) is 12.7 Å². The van der Waals surface area contributed by atoms with Gasteiger partial charge in [0.05, 0.1) is 6.61 Å². The molecule has 0 saturated carbocycles. The number of hydrogen-bond acceptors (Lipinski definition) is 4. The summed E-state index contributed by atoms with van der Waals surface area (Å²) in [6.07, 6.45) is -0.283. The van der Waals surface area contributed by atoms with Crippen LogP contribution in [0.1, 0.15) is 38.3 Å². The first-order valence-electron chi connectivity index (χ1n) is 9.33. The summed E-state index contributed by atoms with van der Waals surface area (Å²) in [6, 6.07) is 15.8. The molecule has 0 heterocycles. The lowest BCUT2D eigenvalue weighted by atomic mass is 9.78. The summed E-state index contributed by atoms with van der Waals surface area (Å²) < 4.78 is 11.1. The van der Waals surface area contributed by atoms with E-state index in [1.165, 1.54) is 0 Å². The molecule has 0 aliphatic heterocycles. The van der Waals surface area contributed by atoms with E-state index >= 15 is 0 Å². The zero-order valence-corrected chi connectivity index (χ0v) is 16.3. The van der Waals surface area contributed by atoms with Gasteiger partial charge in [-0.25, -0.2) is 0 Å². The Labute approximate surface area is 161 Å². The van der Waals surface area contributed by atoms with E-state index in [4.69, 9.17) is 19.7 Å². The minimum atomic E-state index is -0.871. The summed E-state index contributed by atoms with van der Waals surface area (Å²) in [6.45, 7) is 6.46. The second-order valence-corrected chi connectivity index (χ2v) is 7.24. The van der Waals surface area contributed by atoms with Gasteiger partial charge in [-0.1, -0.05) is 45.0 Å². The number of hydrogen-bond donors (Lipinski definition) is 2. The third-order valence-corrected chi connectivity index (χ3v) is 4.75. The van der Waals surface area contributed by atoms with Crippen molar-refractivity contribution in [3.63, 3.8) is 0 Å². The van der Waals surface area contributed by atoms with Crippen molar-refractivity contribution >= 4 is 0 Å². The number of ether oxygens (including phenoxy) is 2. The van der Waals surface area contributed by atoms with Crippen molar-refractivity contribution in [2.75, 3.05) is 19.8 Å². The van der Waals surface area contributed by atoms with E-state index in [9.17, 15) is 5.11 Å². The minimum Gasteiger partial charge on any atom is -0.491 e. The highest BCUT2D eigenvalue weighted by Gasteiger charge is 2.23. The number of benzene rings is 2. The maximum absolute atomic E-state index is 9.36. The van der Waals surface area contributed by atoms with E-state index in [2.05, 4.69) is 26.0 Å². The highest BCUT2D eigenvalue weighted by Crippen LogP contribution is 2.33. The maximum Gasteiger partial charge on any atom is 0.188 e. The molecule has 2 aromatic carbocycles. The van der Waals surface area contributed by atoms with E-state index < -0.39 is 6.10 Å². The lowest BCUT2D eigenvalue weighted by Crippen LogP contribution is -2.21. The van der Waals surface area contributed by atoms with Gasteiger partial charge in [-0.2, -0.15) is 0 Å². The van der Waals surface area contributed by atoms with Crippen LogP contribution in [0.15, 0.2) is 48.5 Å². The number of rotatable bonds is 10. The summed E-state index contributed by atoms with van der Waals surface area (Å²) in [5.74, 6) is 1.44. The number of aliphatic hydroxyl groups excluding tert-OH is 2. The Kier molecular flexibility index (Phi) is 7.66. The molecular formula is C22H31O5+. The Hall–Kier alpha value is -2.08. The monoisotopic (exact) mass is 375 g/mol. The Morgan fingerprint density at radius 2 is 1.33 bits per heavy atom. The highest BCUT2D eigenvalue weighted by atomic mass is 16.5. The van der Waals surface area contributed by atoms with Crippen molar-refractivity contribution < 1.29 is 24.8 Å². The molecule has 0 fully saturated rings. The molecule has 5 nitrogen and oxygen atoms in total. The van der Waals surface area contributed by atoms with Gasteiger partial charge in [-0.3, -0.25) is 0 Å². The lowest BCUT2D eigenvalue weighted by Gasteiger charge is -2.26. The van der Waals surface area contributed by atoms with Crippen LogP contribution < -0.4 is 9.47 Å². The van der Waals surface area contributed by atoms with Crippen molar-refractivity contribution in [1.29, 1.82) is 0 Å². The Morgan fingerprint density at radius 1 is 0.889 bits per heavy atom. The van der Waals surface area contributed by atoms with Crippen LogP contribution in [-0.4, -0.2) is 47.3 Å². The van der Waals surface area contributed by atoms with Crippen LogP contribution in [0.2, 0.25) is 0 Å². The maximum atomic E-state index is 9.36. The highest BCUT2D eigenvalue weighted by molar-refractivity contribution is 5.41. The fourth-order valence-electron chi connectivity index (χ4n) is 2.66. The van der Waals surface area contributed by atoms with Crippen LogP contribution in [-0.2, 0) is 5.41 Å². The van der Waals surface area contributed by atoms with Crippen molar-refractivity contribution in [3.8, 4) is 11.5 Å². The fraction of sp³-hybridized carbons (Fsp3) is 0.455. The van der Waals surface area contributed by atoms with E-state index in [1.54, 1.807) is 0 Å². The van der Waals surface area contributed by atoms with Gasteiger partial charge in [0, 0.05) is 11.8 Å². The Morgan fingerprint density at radius 3 is 1.74 bits per heavy atom. The van der Waals surface area contributed by atoms with E-state index in [0.29, 0.717) is 12.4 Å². The van der Waals surface area contributed by atoms with Crippen molar-refractivity contribution in [2.45, 2.75) is 44.8 Å². The first-order chi connectivity index (χ1) is 12.9. The molecule has 4 N–H and O–H groups in total. The zero-order chi connectivity index (χ0) is 19.9. The van der Waals surface area contributed by atoms with E-state index in [-0.39, 0.29) is 24.7 Å². The van der Waals surface area contributed by atoms with Crippen LogP contribution >= 0.6 is 0 Å². The van der Waals surface area contributed by atoms with Crippen LogP contribution in [0.25, 0.3) is 0 Å². The molecule has 2 rings (SSSR count). The first-order valence-corrected chi connectivity index (χ1v) is 9.33. The van der Waals surface area contributed by atoms with Gasteiger partial charge in [-0.05, 0) is 35.4 Å². The Balaban J connectivity index is 2.04. The summed E-state index contributed by atoms with van der Waals surface area (Å²) in [5.41, 5.74) is 2.11. The summed E-state index contributed by atoms with van der Waals surface area (Å²) >= 11 is 0. The smallest absolute Gasteiger partial charge is 0.188 e. The molecule has 2 atom stereocenters. The van der Waals surface area contributed by atoms with Gasteiger partial charge in [-0.15, -0.1) is 0 Å². The molecule has 2 aromatic rings. The predicted octanol–water partition coefficient (Wildman–Crippen LogP) is 2.63. The van der Waals surface area contributed by atoms with Gasteiger partial charge >= 0.3 is 0 Å². The minimum absolute atomic E-state index is 0.0674. The summed E-state index contributed by atoms with van der Waals surface area (Å²) in [5, 5.41) is 25.9. The molecule has 5 heteroatoms. The van der Waals surface area contributed by atoms with Crippen LogP contribution in [0.3, 0.4) is 0 Å². The molecule has 0 aliphatic rings. The fourth-order valence-corrected chi connectivity index (χ4v) is 2.66. The molecule has 2 unspecified atom stereocenters. The first kappa shape index (κ1) is 21.2. The molecule has 0 radical (unpaired) electrons. The van der Waals surface area contributed by atoms with Crippen molar-refractivity contribution in [3.05, 3.63) is 59.7 Å². The predicted molar refractivity (Wildman–Crippen MR) is 107 cm³/mol. The average molecular weight is 375 g/mol. The topological polar surface area (TPSA) is 81.8 Å². The second-order valence-electron chi connectivity index (χ2n) is 7.24. The van der Waals surface area contributed by atoms with Gasteiger partial charge in [0.2, 0.25) is 0 Å². The van der Waals surface area contributed by atoms with Gasteiger partial charge < -0.3 is 24.8 Å². The quantitative estimate of drug-likeness (QED) is 0.626. The largest absolute Gasteiger partial charge is 0.491 e. The average Bonchev–Trinajstić information content (AvgIpc) is 2.70. The molecule has 148 valence electrons. The zero-order valence-electron chi connectivity index (χ0n) is 16.3. The van der Waals surface area contributed by atoms with Gasteiger partial charge in [0.25, 0.3) is 0 Å². The standard InChI is InChI=1S/C22H30O5/c1-4-18(24)14-26-20-9-5-16(6-10-20)22(2,3)17-7-11-21(12-8-17)27-15-19(25)13-23/h5-12,18-19,23-25H,4,13-15H2,1-3H3/p+1. The molecule has 0 bridgehead atoms. The number of aliphatic hydroxyl groups is 2. The second kappa shape index (κ2) is 9.74. The van der Waals surface area contributed by atoms with Crippen LogP contribution in [0.4, 0.5) is 0 Å². The molecule has 0 spiro atoms. The molecule has 0 aliphatic carbocycles. The van der Waals surface area contributed by atoms with Crippen molar-refractivity contribution in [1.82, 2.24) is 0 Å². The summed E-state index contributed by atoms with van der Waals surface area (Å²) in [4.78, 5) is 0. The third kappa shape index (κ3) is 5.96. The molecule has 27 heavy (non-hydrogen) atoms.